The number of hydrogen-bond acceptors (Lipinski definition) is 3. The first kappa shape index (κ1) is 13.1. The van der Waals surface area contributed by atoms with Crippen LogP contribution in [0.25, 0.3) is 0 Å². The fourth-order valence-corrected chi connectivity index (χ4v) is 2.61. The summed E-state index contributed by atoms with van der Waals surface area (Å²) in [5.41, 5.74) is 1.25. The molecule has 0 radical (unpaired) electrons. The molecular formula is C15H21NO2. The van der Waals surface area contributed by atoms with Crippen LogP contribution in [0.15, 0.2) is 30.3 Å². The van der Waals surface area contributed by atoms with Crippen LogP contribution < -0.4 is 0 Å². The third kappa shape index (κ3) is 3.10. The maximum atomic E-state index is 11.9. The van der Waals surface area contributed by atoms with Crippen molar-refractivity contribution in [1.29, 1.82) is 0 Å². The van der Waals surface area contributed by atoms with E-state index in [2.05, 4.69) is 24.0 Å². The van der Waals surface area contributed by atoms with Crippen molar-refractivity contribution in [3.8, 4) is 0 Å². The molecule has 2 rings (SSSR count). The van der Waals surface area contributed by atoms with E-state index in [1.807, 2.05) is 25.1 Å². The molecule has 3 nitrogen and oxygen atoms in total. The highest BCUT2D eigenvalue weighted by molar-refractivity contribution is 5.76. The summed E-state index contributed by atoms with van der Waals surface area (Å²) < 4.78 is 5.16. The number of rotatable bonds is 4. The molecule has 0 aromatic heterocycles. The number of carbonyl (C=O) groups is 1. The van der Waals surface area contributed by atoms with Crippen LogP contribution in [0.1, 0.15) is 25.8 Å². The highest BCUT2D eigenvalue weighted by Gasteiger charge is 2.35. The summed E-state index contributed by atoms with van der Waals surface area (Å²) in [6.45, 7) is 6.31. The van der Waals surface area contributed by atoms with Gasteiger partial charge in [-0.1, -0.05) is 37.3 Å². The predicted molar refractivity (Wildman–Crippen MR) is 71.1 cm³/mol. The Bertz CT molecular complexity index is 391. The molecule has 1 aliphatic heterocycles. The molecule has 1 aromatic rings. The fraction of sp³-hybridized carbons (Fsp3) is 0.533. The molecule has 3 heteroatoms. The molecule has 1 fully saturated rings. The van der Waals surface area contributed by atoms with Crippen molar-refractivity contribution < 1.29 is 9.53 Å². The summed E-state index contributed by atoms with van der Waals surface area (Å²) in [5.74, 6) is 0.487. The Morgan fingerprint density at radius 2 is 2.11 bits per heavy atom. The highest BCUT2D eigenvalue weighted by atomic mass is 16.5. The number of ether oxygens (including phenoxy) is 1. The van der Waals surface area contributed by atoms with Crippen molar-refractivity contribution in [3.63, 3.8) is 0 Å². The summed E-state index contributed by atoms with van der Waals surface area (Å²) in [6.07, 6.45) is 0.908. The van der Waals surface area contributed by atoms with Crippen molar-refractivity contribution in [2.45, 2.75) is 32.9 Å². The molecule has 98 valence electrons. The second-order valence-corrected chi connectivity index (χ2v) is 5.02. The first-order chi connectivity index (χ1) is 8.70. The van der Waals surface area contributed by atoms with Gasteiger partial charge in [-0.25, -0.2) is 0 Å². The number of hydrogen-bond donors (Lipinski definition) is 0. The normalized spacial score (nSPS) is 24.1. The van der Waals surface area contributed by atoms with Gasteiger partial charge in [0.15, 0.2) is 0 Å². The topological polar surface area (TPSA) is 29.5 Å². The number of carbonyl (C=O) groups excluding carboxylic acids is 1. The number of benzene rings is 1. The third-order valence-electron chi connectivity index (χ3n) is 3.40. The van der Waals surface area contributed by atoms with Gasteiger partial charge in [0, 0.05) is 13.1 Å². The van der Waals surface area contributed by atoms with Crippen LogP contribution >= 0.6 is 0 Å². The molecule has 18 heavy (non-hydrogen) atoms. The fourth-order valence-electron chi connectivity index (χ4n) is 2.61. The Labute approximate surface area is 109 Å². The quantitative estimate of drug-likeness (QED) is 0.765. The molecule has 1 aromatic carbocycles. The van der Waals surface area contributed by atoms with E-state index in [1.54, 1.807) is 0 Å². The maximum absolute atomic E-state index is 11.9. The van der Waals surface area contributed by atoms with Crippen LogP contribution in [0.3, 0.4) is 0 Å². The zero-order chi connectivity index (χ0) is 13.0. The summed E-state index contributed by atoms with van der Waals surface area (Å²) in [5, 5.41) is 0. The minimum Gasteiger partial charge on any atom is -0.465 e. The van der Waals surface area contributed by atoms with Crippen molar-refractivity contribution in [3.05, 3.63) is 35.9 Å². The first-order valence-corrected chi connectivity index (χ1v) is 6.65. The maximum Gasteiger partial charge on any atom is 0.323 e. The Balaban J connectivity index is 2.03. The molecule has 0 aliphatic carbocycles. The molecule has 0 bridgehead atoms. The van der Waals surface area contributed by atoms with Gasteiger partial charge in [0.25, 0.3) is 0 Å². The van der Waals surface area contributed by atoms with E-state index >= 15 is 0 Å². The highest BCUT2D eigenvalue weighted by Crippen LogP contribution is 2.25. The monoisotopic (exact) mass is 247 g/mol. The van der Waals surface area contributed by atoms with Gasteiger partial charge in [-0.2, -0.15) is 0 Å². The molecule has 1 saturated heterocycles. The van der Waals surface area contributed by atoms with E-state index in [9.17, 15) is 4.79 Å². The molecule has 0 unspecified atom stereocenters. The van der Waals surface area contributed by atoms with Crippen molar-refractivity contribution in [1.82, 2.24) is 4.90 Å². The largest absolute Gasteiger partial charge is 0.465 e. The van der Waals surface area contributed by atoms with E-state index in [-0.39, 0.29) is 12.0 Å². The lowest BCUT2D eigenvalue weighted by molar-refractivity contribution is -0.148. The van der Waals surface area contributed by atoms with Crippen LogP contribution in [0.2, 0.25) is 0 Å². The SMILES string of the molecule is CCOC(=O)[C@@H]1C[C@H](C)CN1Cc1ccccc1. The minimum absolute atomic E-state index is 0.0693. The van der Waals surface area contributed by atoms with E-state index in [0.29, 0.717) is 12.5 Å². The smallest absolute Gasteiger partial charge is 0.323 e. The van der Waals surface area contributed by atoms with Gasteiger partial charge in [0.1, 0.15) is 6.04 Å². The molecule has 0 N–H and O–H groups in total. The lowest BCUT2D eigenvalue weighted by atomic mass is 10.1. The summed E-state index contributed by atoms with van der Waals surface area (Å²) in [7, 11) is 0. The van der Waals surface area contributed by atoms with E-state index in [4.69, 9.17) is 4.74 Å². The molecule has 1 heterocycles. The minimum atomic E-state index is -0.0715. The van der Waals surface area contributed by atoms with Gasteiger partial charge in [-0.3, -0.25) is 9.69 Å². The van der Waals surface area contributed by atoms with Gasteiger partial charge >= 0.3 is 5.97 Å². The number of esters is 1. The summed E-state index contributed by atoms with van der Waals surface area (Å²) in [6, 6.07) is 10.2. The van der Waals surface area contributed by atoms with Gasteiger partial charge in [0.2, 0.25) is 0 Å². The number of nitrogens with zero attached hydrogens (tertiary/aromatic N) is 1. The lowest BCUT2D eigenvalue weighted by Crippen LogP contribution is -2.36. The Morgan fingerprint density at radius 1 is 1.39 bits per heavy atom. The van der Waals surface area contributed by atoms with E-state index < -0.39 is 0 Å². The van der Waals surface area contributed by atoms with E-state index in [1.165, 1.54) is 5.56 Å². The van der Waals surface area contributed by atoms with Crippen molar-refractivity contribution in [2.75, 3.05) is 13.2 Å². The second kappa shape index (κ2) is 6.01. The van der Waals surface area contributed by atoms with Crippen LogP contribution in [0.4, 0.5) is 0 Å². The van der Waals surface area contributed by atoms with Crippen LogP contribution in [-0.2, 0) is 16.1 Å². The molecule has 0 saturated carbocycles. The molecule has 0 amide bonds. The number of likely N-dealkylation sites (tertiary alicyclic amines) is 1. The molecular weight excluding hydrogens is 226 g/mol. The van der Waals surface area contributed by atoms with Gasteiger partial charge in [0.05, 0.1) is 6.61 Å². The Kier molecular flexibility index (Phi) is 4.37. The predicted octanol–water partition coefficient (Wildman–Crippen LogP) is 2.46. The third-order valence-corrected chi connectivity index (χ3v) is 3.40. The van der Waals surface area contributed by atoms with E-state index in [0.717, 1.165) is 19.5 Å². The zero-order valence-electron chi connectivity index (χ0n) is 11.1. The van der Waals surface area contributed by atoms with Crippen LogP contribution in [0.5, 0.6) is 0 Å². The van der Waals surface area contributed by atoms with Gasteiger partial charge in [-0.05, 0) is 24.8 Å². The average molecular weight is 247 g/mol. The molecule has 1 aliphatic rings. The van der Waals surface area contributed by atoms with Gasteiger partial charge in [-0.15, -0.1) is 0 Å². The second-order valence-electron chi connectivity index (χ2n) is 5.02. The van der Waals surface area contributed by atoms with Crippen LogP contribution in [-0.4, -0.2) is 30.1 Å². The Hall–Kier alpha value is -1.35. The first-order valence-electron chi connectivity index (χ1n) is 6.65. The zero-order valence-corrected chi connectivity index (χ0v) is 11.1. The summed E-state index contributed by atoms with van der Waals surface area (Å²) >= 11 is 0. The van der Waals surface area contributed by atoms with Crippen molar-refractivity contribution in [2.24, 2.45) is 5.92 Å². The standard InChI is InChI=1S/C15H21NO2/c1-3-18-15(17)14-9-12(2)10-16(14)11-13-7-5-4-6-8-13/h4-8,12,14H,3,9-11H2,1-2H3/t12-,14-/m0/s1. The molecule has 0 spiro atoms. The Morgan fingerprint density at radius 3 is 2.78 bits per heavy atom. The average Bonchev–Trinajstić information content (AvgIpc) is 2.72. The van der Waals surface area contributed by atoms with Crippen LogP contribution in [0, 0.1) is 5.92 Å². The lowest BCUT2D eigenvalue weighted by Gasteiger charge is -2.22. The summed E-state index contributed by atoms with van der Waals surface area (Å²) in [4.78, 5) is 14.2. The van der Waals surface area contributed by atoms with Gasteiger partial charge < -0.3 is 4.74 Å². The van der Waals surface area contributed by atoms with Crippen molar-refractivity contribution >= 4 is 5.97 Å². The molecule has 2 atom stereocenters.